The maximum absolute atomic E-state index is 11.6. The molecule has 1 N–H and O–H groups in total. The minimum absolute atomic E-state index is 0.0566. The van der Waals surface area contributed by atoms with E-state index in [0.29, 0.717) is 11.3 Å². The summed E-state index contributed by atoms with van der Waals surface area (Å²) in [5.74, 6) is -0.941. The number of nitrogens with zero attached hydrogens (tertiary/aromatic N) is 1. The third-order valence-corrected chi connectivity index (χ3v) is 4.37. The molecule has 0 radical (unpaired) electrons. The minimum Gasteiger partial charge on any atom is -0.392 e. The summed E-state index contributed by atoms with van der Waals surface area (Å²) in [6.07, 6.45) is -0.413. The molecule has 2 atom stereocenters. The number of thioether (sulfide) groups is 1. The molecule has 2 unspecified atom stereocenters. The summed E-state index contributed by atoms with van der Waals surface area (Å²) in [6, 6.07) is 5.31. The Hall–Kier alpha value is -1.33. The quantitative estimate of drug-likeness (QED) is 0.667. The van der Waals surface area contributed by atoms with E-state index in [4.69, 9.17) is 0 Å². The standard InChI is InChI=1S/C13H15NO3S/c1-7(15)8(2)18-9-4-5-10-11(6-9)14(3)13(17)12(10)16/h4-8,15H,1-3H3. The molecule has 1 aromatic rings. The summed E-state index contributed by atoms with van der Waals surface area (Å²) in [5, 5.41) is 9.53. The van der Waals surface area contributed by atoms with E-state index < -0.39 is 17.8 Å². The van der Waals surface area contributed by atoms with Gasteiger partial charge in [0.05, 0.1) is 17.4 Å². The SMILES string of the molecule is CC(O)C(C)Sc1ccc2c(c1)N(C)C(=O)C2=O. The molecule has 5 heteroatoms. The van der Waals surface area contributed by atoms with Gasteiger partial charge in [0, 0.05) is 17.2 Å². The summed E-state index contributed by atoms with van der Waals surface area (Å²) in [6.45, 7) is 3.67. The van der Waals surface area contributed by atoms with Crippen LogP contribution in [0.15, 0.2) is 23.1 Å². The van der Waals surface area contributed by atoms with Crippen LogP contribution in [0.3, 0.4) is 0 Å². The number of rotatable bonds is 3. The highest BCUT2D eigenvalue weighted by atomic mass is 32.2. The van der Waals surface area contributed by atoms with Crippen LogP contribution in [0.5, 0.6) is 0 Å². The number of anilines is 1. The predicted molar refractivity (Wildman–Crippen MR) is 71.2 cm³/mol. The molecular formula is C13H15NO3S. The summed E-state index contributed by atoms with van der Waals surface area (Å²) in [5.41, 5.74) is 1.10. The van der Waals surface area contributed by atoms with Gasteiger partial charge in [0.2, 0.25) is 0 Å². The number of Topliss-reactive ketones (excluding diaryl/α,β-unsaturated/α-hetero) is 1. The van der Waals surface area contributed by atoms with Gasteiger partial charge in [-0.3, -0.25) is 9.59 Å². The second-order valence-electron chi connectivity index (χ2n) is 4.44. The molecular weight excluding hydrogens is 250 g/mol. The number of carbonyl (C=O) groups is 2. The van der Waals surface area contributed by atoms with E-state index in [1.807, 2.05) is 19.1 Å². The van der Waals surface area contributed by atoms with Crippen LogP contribution >= 0.6 is 11.8 Å². The molecule has 0 aliphatic carbocycles. The average Bonchev–Trinajstić information content (AvgIpc) is 2.54. The lowest BCUT2D eigenvalue weighted by molar-refractivity contribution is -0.114. The molecule has 0 saturated heterocycles. The Balaban J connectivity index is 2.29. The van der Waals surface area contributed by atoms with Crippen molar-refractivity contribution in [1.82, 2.24) is 0 Å². The monoisotopic (exact) mass is 265 g/mol. The average molecular weight is 265 g/mol. The zero-order chi connectivity index (χ0) is 13.4. The molecule has 1 aliphatic heterocycles. The smallest absolute Gasteiger partial charge is 0.299 e. The lowest BCUT2D eigenvalue weighted by atomic mass is 10.1. The van der Waals surface area contributed by atoms with E-state index in [1.165, 1.54) is 16.7 Å². The number of aliphatic hydroxyl groups excluding tert-OH is 1. The third kappa shape index (κ3) is 2.15. The second kappa shape index (κ2) is 4.74. The largest absolute Gasteiger partial charge is 0.392 e. The van der Waals surface area contributed by atoms with Gasteiger partial charge in [-0.15, -0.1) is 11.8 Å². The van der Waals surface area contributed by atoms with Crippen molar-refractivity contribution in [2.24, 2.45) is 0 Å². The molecule has 2 rings (SSSR count). The number of hydrogen-bond acceptors (Lipinski definition) is 4. The van der Waals surface area contributed by atoms with Crippen LogP contribution in [0.2, 0.25) is 0 Å². The van der Waals surface area contributed by atoms with Gasteiger partial charge in [0.25, 0.3) is 11.7 Å². The van der Waals surface area contributed by atoms with Gasteiger partial charge in [-0.05, 0) is 25.1 Å². The zero-order valence-corrected chi connectivity index (χ0v) is 11.3. The van der Waals surface area contributed by atoms with Crippen molar-refractivity contribution in [3.05, 3.63) is 23.8 Å². The minimum atomic E-state index is -0.490. The van der Waals surface area contributed by atoms with E-state index in [9.17, 15) is 14.7 Å². The van der Waals surface area contributed by atoms with Crippen molar-refractivity contribution >= 4 is 29.1 Å². The lowest BCUT2D eigenvalue weighted by Gasteiger charge is -2.15. The fourth-order valence-corrected chi connectivity index (χ4v) is 2.70. The van der Waals surface area contributed by atoms with Gasteiger partial charge < -0.3 is 10.0 Å². The fraction of sp³-hybridized carbons (Fsp3) is 0.385. The molecule has 18 heavy (non-hydrogen) atoms. The second-order valence-corrected chi connectivity index (χ2v) is 5.89. The van der Waals surface area contributed by atoms with Gasteiger partial charge in [-0.1, -0.05) is 6.92 Å². The van der Waals surface area contributed by atoms with Crippen LogP contribution < -0.4 is 4.90 Å². The number of fused-ring (bicyclic) bond motifs is 1. The first-order valence-electron chi connectivity index (χ1n) is 5.73. The van der Waals surface area contributed by atoms with E-state index in [0.717, 1.165) is 4.90 Å². The van der Waals surface area contributed by atoms with Gasteiger partial charge in [0.1, 0.15) is 0 Å². The number of benzene rings is 1. The Morgan fingerprint density at radius 3 is 2.56 bits per heavy atom. The van der Waals surface area contributed by atoms with Crippen LogP contribution in [-0.4, -0.2) is 35.2 Å². The molecule has 1 aromatic carbocycles. The number of aliphatic hydroxyl groups is 1. The molecule has 1 aliphatic rings. The summed E-state index contributed by atoms with van der Waals surface area (Å²) >= 11 is 1.52. The fourth-order valence-electron chi connectivity index (χ4n) is 1.74. The molecule has 0 fully saturated rings. The van der Waals surface area contributed by atoms with Gasteiger partial charge in [-0.25, -0.2) is 0 Å². The molecule has 1 heterocycles. The van der Waals surface area contributed by atoms with Crippen LogP contribution in [0.4, 0.5) is 5.69 Å². The Labute approximate surface area is 110 Å². The molecule has 96 valence electrons. The maximum Gasteiger partial charge on any atom is 0.299 e. The molecule has 0 aromatic heterocycles. The highest BCUT2D eigenvalue weighted by molar-refractivity contribution is 8.00. The molecule has 0 spiro atoms. The van der Waals surface area contributed by atoms with Crippen molar-refractivity contribution in [1.29, 1.82) is 0 Å². The normalized spacial score (nSPS) is 17.9. The Morgan fingerprint density at radius 2 is 1.94 bits per heavy atom. The number of hydrogen-bond donors (Lipinski definition) is 1. The Morgan fingerprint density at radius 1 is 1.28 bits per heavy atom. The van der Waals surface area contributed by atoms with Gasteiger partial charge in [0.15, 0.2) is 0 Å². The van der Waals surface area contributed by atoms with Crippen LogP contribution in [0.1, 0.15) is 24.2 Å². The summed E-state index contributed by atoms with van der Waals surface area (Å²) in [7, 11) is 1.60. The zero-order valence-electron chi connectivity index (χ0n) is 10.5. The predicted octanol–water partition coefficient (Wildman–Crippen LogP) is 1.71. The van der Waals surface area contributed by atoms with Crippen molar-refractivity contribution in [2.45, 2.75) is 30.1 Å². The number of amides is 1. The van der Waals surface area contributed by atoms with E-state index in [1.54, 1.807) is 20.0 Å². The van der Waals surface area contributed by atoms with Crippen LogP contribution in [0.25, 0.3) is 0 Å². The molecule has 4 nitrogen and oxygen atoms in total. The number of likely N-dealkylation sites (N-methyl/N-ethyl adjacent to an activating group) is 1. The first-order valence-corrected chi connectivity index (χ1v) is 6.61. The van der Waals surface area contributed by atoms with E-state index in [2.05, 4.69) is 0 Å². The van der Waals surface area contributed by atoms with Crippen molar-refractivity contribution in [2.75, 3.05) is 11.9 Å². The Bertz CT molecular complexity index is 513. The molecule has 0 saturated carbocycles. The van der Waals surface area contributed by atoms with E-state index in [-0.39, 0.29) is 5.25 Å². The van der Waals surface area contributed by atoms with Crippen LogP contribution in [0, 0.1) is 0 Å². The van der Waals surface area contributed by atoms with E-state index >= 15 is 0 Å². The van der Waals surface area contributed by atoms with Crippen molar-refractivity contribution in [3.8, 4) is 0 Å². The van der Waals surface area contributed by atoms with Crippen molar-refractivity contribution in [3.63, 3.8) is 0 Å². The number of ketones is 1. The lowest BCUT2D eigenvalue weighted by Crippen LogP contribution is -2.24. The maximum atomic E-state index is 11.6. The van der Waals surface area contributed by atoms with Gasteiger partial charge >= 0.3 is 0 Å². The summed E-state index contributed by atoms with van der Waals surface area (Å²) in [4.78, 5) is 25.5. The molecule has 1 amide bonds. The third-order valence-electron chi connectivity index (χ3n) is 3.08. The number of carbonyl (C=O) groups excluding carboxylic acids is 2. The first-order chi connectivity index (χ1) is 8.41. The van der Waals surface area contributed by atoms with Crippen molar-refractivity contribution < 1.29 is 14.7 Å². The van der Waals surface area contributed by atoms with Crippen LogP contribution in [-0.2, 0) is 4.79 Å². The highest BCUT2D eigenvalue weighted by Crippen LogP contribution is 2.34. The Kier molecular flexibility index (Phi) is 3.45. The summed E-state index contributed by atoms with van der Waals surface area (Å²) < 4.78 is 0. The molecule has 0 bridgehead atoms. The topological polar surface area (TPSA) is 57.6 Å². The van der Waals surface area contributed by atoms with Gasteiger partial charge in [-0.2, -0.15) is 0 Å². The first kappa shape index (κ1) is 13.1. The highest BCUT2D eigenvalue weighted by Gasteiger charge is 2.33.